The highest BCUT2D eigenvalue weighted by molar-refractivity contribution is 6.35. The van der Waals surface area contributed by atoms with Crippen LogP contribution in [-0.4, -0.2) is 14.6 Å². The maximum atomic E-state index is 6.30. The van der Waals surface area contributed by atoms with E-state index in [1.54, 1.807) is 4.52 Å². The Hall–Kier alpha value is -0.800. The smallest absolute Gasteiger partial charge is 0.161 e. The molecule has 0 aliphatic rings. The molecular weight excluding hydrogens is 245 g/mol. The predicted molar refractivity (Wildman–Crippen MR) is 66.6 cm³/mol. The number of fused-ring (bicyclic) bond motifs is 1. The van der Waals surface area contributed by atoms with E-state index in [1.165, 1.54) is 0 Å². The minimum Gasteiger partial charge on any atom is -0.216 e. The van der Waals surface area contributed by atoms with Crippen molar-refractivity contribution < 1.29 is 0 Å². The molecule has 0 saturated carbocycles. The summed E-state index contributed by atoms with van der Waals surface area (Å²) < 4.78 is 1.66. The number of halogens is 2. The van der Waals surface area contributed by atoms with Gasteiger partial charge in [-0.15, -0.1) is 0 Å². The molecule has 2 heterocycles. The minimum absolute atomic E-state index is 0.224. The second kappa shape index (κ2) is 3.90. The third-order valence-electron chi connectivity index (χ3n) is 2.74. The van der Waals surface area contributed by atoms with Gasteiger partial charge in [-0.1, -0.05) is 37.0 Å². The van der Waals surface area contributed by atoms with Gasteiger partial charge in [-0.25, -0.2) is 9.50 Å². The largest absolute Gasteiger partial charge is 0.216 e. The van der Waals surface area contributed by atoms with Crippen molar-refractivity contribution in [2.45, 2.75) is 33.6 Å². The molecule has 5 heteroatoms. The summed E-state index contributed by atoms with van der Waals surface area (Å²) in [5.74, 6) is 0.224. The van der Waals surface area contributed by atoms with Crippen molar-refractivity contribution in [1.29, 1.82) is 0 Å². The Kier molecular flexibility index (Phi) is 2.84. The Balaban J connectivity index is 2.89. The first kappa shape index (κ1) is 11.7. The van der Waals surface area contributed by atoms with Gasteiger partial charge in [0.15, 0.2) is 5.65 Å². The normalized spacial score (nSPS) is 11.7. The van der Waals surface area contributed by atoms with Crippen molar-refractivity contribution in [3.05, 3.63) is 27.1 Å². The quantitative estimate of drug-likeness (QED) is 0.728. The van der Waals surface area contributed by atoms with Gasteiger partial charge in [-0.05, 0) is 19.8 Å². The number of aryl methyl sites for hydroxylation is 2. The minimum atomic E-state index is 0.224. The topological polar surface area (TPSA) is 30.2 Å². The van der Waals surface area contributed by atoms with Crippen LogP contribution < -0.4 is 0 Å². The zero-order chi connectivity index (χ0) is 12.0. The van der Waals surface area contributed by atoms with Gasteiger partial charge in [0, 0.05) is 11.1 Å². The van der Waals surface area contributed by atoms with Crippen LogP contribution in [0.5, 0.6) is 0 Å². The van der Waals surface area contributed by atoms with E-state index in [1.807, 2.05) is 27.7 Å². The maximum Gasteiger partial charge on any atom is 0.161 e. The fourth-order valence-corrected chi connectivity index (χ4v) is 2.55. The fourth-order valence-electron chi connectivity index (χ4n) is 1.69. The standard InChI is InChI=1S/C11H13Cl2N3/c1-5(2)8-9(12)14-11-6(3)7(4)15-16(11)10(8)13/h5H,1-4H3. The molecule has 0 aromatic carbocycles. The molecule has 0 aliphatic heterocycles. The lowest BCUT2D eigenvalue weighted by Gasteiger charge is -2.10. The summed E-state index contributed by atoms with van der Waals surface area (Å²) in [5, 5.41) is 5.38. The van der Waals surface area contributed by atoms with E-state index in [9.17, 15) is 0 Å². The summed E-state index contributed by atoms with van der Waals surface area (Å²) in [7, 11) is 0. The van der Waals surface area contributed by atoms with Crippen LogP contribution in [0.2, 0.25) is 10.3 Å². The molecule has 0 unspecified atom stereocenters. The van der Waals surface area contributed by atoms with E-state index in [-0.39, 0.29) is 5.92 Å². The molecule has 0 bridgehead atoms. The lowest BCUT2D eigenvalue weighted by atomic mass is 10.1. The molecule has 0 N–H and O–H groups in total. The summed E-state index contributed by atoms with van der Waals surface area (Å²) >= 11 is 12.5. The van der Waals surface area contributed by atoms with Crippen LogP contribution in [0.1, 0.15) is 36.6 Å². The number of aromatic nitrogens is 3. The van der Waals surface area contributed by atoms with Crippen LogP contribution in [0.15, 0.2) is 0 Å². The Morgan fingerprint density at radius 2 is 1.81 bits per heavy atom. The van der Waals surface area contributed by atoms with Crippen molar-refractivity contribution in [3.63, 3.8) is 0 Å². The van der Waals surface area contributed by atoms with Gasteiger partial charge in [-0.2, -0.15) is 5.10 Å². The van der Waals surface area contributed by atoms with E-state index in [4.69, 9.17) is 23.2 Å². The van der Waals surface area contributed by atoms with Gasteiger partial charge in [-0.3, -0.25) is 0 Å². The predicted octanol–water partition coefficient (Wildman–Crippen LogP) is 3.78. The van der Waals surface area contributed by atoms with Gasteiger partial charge in [0.05, 0.1) is 5.69 Å². The average molecular weight is 258 g/mol. The first-order valence-corrected chi connectivity index (χ1v) is 5.90. The van der Waals surface area contributed by atoms with Crippen LogP contribution in [0.3, 0.4) is 0 Å². The summed E-state index contributed by atoms with van der Waals surface area (Å²) in [4.78, 5) is 4.36. The Morgan fingerprint density at radius 1 is 1.19 bits per heavy atom. The first-order chi connectivity index (χ1) is 7.43. The van der Waals surface area contributed by atoms with Gasteiger partial charge in [0.2, 0.25) is 0 Å². The Bertz CT molecular complexity index is 558. The Labute approximate surface area is 104 Å². The van der Waals surface area contributed by atoms with Crippen LogP contribution in [0.4, 0.5) is 0 Å². The van der Waals surface area contributed by atoms with E-state index in [2.05, 4.69) is 10.1 Å². The highest BCUT2D eigenvalue weighted by atomic mass is 35.5. The summed E-state index contributed by atoms with van der Waals surface area (Å²) in [5.41, 5.74) is 3.51. The van der Waals surface area contributed by atoms with Gasteiger partial charge >= 0.3 is 0 Å². The van der Waals surface area contributed by atoms with E-state index in [0.29, 0.717) is 10.3 Å². The average Bonchev–Trinajstić information content (AvgIpc) is 2.45. The monoisotopic (exact) mass is 257 g/mol. The van der Waals surface area contributed by atoms with Crippen molar-refractivity contribution in [3.8, 4) is 0 Å². The van der Waals surface area contributed by atoms with E-state index >= 15 is 0 Å². The SMILES string of the molecule is Cc1nn2c(Cl)c(C(C)C)c(Cl)nc2c1C. The van der Waals surface area contributed by atoms with Crippen molar-refractivity contribution in [2.75, 3.05) is 0 Å². The first-order valence-electron chi connectivity index (χ1n) is 5.14. The second-order valence-corrected chi connectivity index (χ2v) is 4.92. The van der Waals surface area contributed by atoms with Crippen LogP contribution >= 0.6 is 23.2 Å². The molecule has 86 valence electrons. The highest BCUT2D eigenvalue weighted by Crippen LogP contribution is 2.31. The zero-order valence-electron chi connectivity index (χ0n) is 9.67. The lowest BCUT2D eigenvalue weighted by molar-refractivity contribution is 0.818. The molecule has 2 aromatic rings. The van der Waals surface area contributed by atoms with Crippen molar-refractivity contribution >= 4 is 28.8 Å². The number of hydrogen-bond donors (Lipinski definition) is 0. The summed E-state index contributed by atoms with van der Waals surface area (Å²) in [6.45, 7) is 7.96. The molecule has 16 heavy (non-hydrogen) atoms. The molecule has 3 nitrogen and oxygen atoms in total. The molecular formula is C11H13Cl2N3. The zero-order valence-corrected chi connectivity index (χ0v) is 11.2. The van der Waals surface area contributed by atoms with E-state index in [0.717, 1.165) is 22.5 Å². The van der Waals surface area contributed by atoms with Crippen molar-refractivity contribution in [1.82, 2.24) is 14.6 Å². The molecule has 0 amide bonds. The Morgan fingerprint density at radius 3 is 2.38 bits per heavy atom. The highest BCUT2D eigenvalue weighted by Gasteiger charge is 2.18. The molecule has 2 aromatic heterocycles. The molecule has 0 radical (unpaired) electrons. The third kappa shape index (κ3) is 1.59. The molecule has 0 atom stereocenters. The number of nitrogens with zero attached hydrogens (tertiary/aromatic N) is 3. The molecule has 0 aliphatic carbocycles. The number of hydrogen-bond acceptors (Lipinski definition) is 2. The van der Waals surface area contributed by atoms with Crippen LogP contribution in [-0.2, 0) is 0 Å². The fraction of sp³-hybridized carbons (Fsp3) is 0.455. The van der Waals surface area contributed by atoms with Crippen LogP contribution in [0, 0.1) is 13.8 Å². The maximum absolute atomic E-state index is 6.30. The third-order valence-corrected chi connectivity index (χ3v) is 3.39. The summed E-state index contributed by atoms with van der Waals surface area (Å²) in [6.07, 6.45) is 0. The van der Waals surface area contributed by atoms with Crippen LogP contribution in [0.25, 0.3) is 5.65 Å². The molecule has 0 saturated heterocycles. The number of rotatable bonds is 1. The second-order valence-electron chi connectivity index (χ2n) is 4.21. The van der Waals surface area contributed by atoms with E-state index < -0.39 is 0 Å². The van der Waals surface area contributed by atoms with Gasteiger partial charge in [0.25, 0.3) is 0 Å². The molecule has 0 fully saturated rings. The molecule has 0 spiro atoms. The summed E-state index contributed by atoms with van der Waals surface area (Å²) in [6, 6.07) is 0. The van der Waals surface area contributed by atoms with Gasteiger partial charge < -0.3 is 0 Å². The van der Waals surface area contributed by atoms with Crippen molar-refractivity contribution in [2.24, 2.45) is 0 Å². The lowest BCUT2D eigenvalue weighted by Crippen LogP contribution is -2.01. The molecule has 2 rings (SSSR count). The van der Waals surface area contributed by atoms with Gasteiger partial charge in [0.1, 0.15) is 10.3 Å².